The van der Waals surface area contributed by atoms with Crippen molar-refractivity contribution in [1.82, 2.24) is 4.98 Å². The number of pyridine rings is 1. The Morgan fingerprint density at radius 3 is 2.32 bits per heavy atom. The van der Waals surface area contributed by atoms with Crippen LogP contribution in [0, 0.1) is 10.1 Å². The van der Waals surface area contributed by atoms with Gasteiger partial charge in [-0.3, -0.25) is 10.1 Å². The third-order valence-corrected chi connectivity index (χ3v) is 2.88. The van der Waals surface area contributed by atoms with Gasteiger partial charge in [-0.25, -0.2) is 4.98 Å². The Kier molecular flexibility index (Phi) is 4.09. The Morgan fingerprint density at radius 1 is 1.16 bits per heavy atom. The molecule has 0 atom stereocenters. The molecule has 1 aromatic heterocycles. The molecule has 0 amide bonds. The van der Waals surface area contributed by atoms with E-state index in [2.05, 4.69) is 4.98 Å². The number of nitro groups is 1. The predicted octanol–water partition coefficient (Wildman–Crippen LogP) is 4.74. The minimum Gasteiger partial charge on any atom is -0.454 e. The van der Waals surface area contributed by atoms with Crippen molar-refractivity contribution < 1.29 is 9.66 Å². The van der Waals surface area contributed by atoms with Crippen molar-refractivity contribution in [3.05, 3.63) is 55.8 Å². The maximum absolute atomic E-state index is 10.6. The summed E-state index contributed by atoms with van der Waals surface area (Å²) >= 11 is 17.5. The average molecular weight is 320 g/mol. The summed E-state index contributed by atoms with van der Waals surface area (Å²) in [5.74, 6) is 0.494. The number of non-ortho nitro benzene ring substituents is 1. The normalized spacial score (nSPS) is 10.3. The molecule has 0 spiro atoms. The average Bonchev–Trinajstić information content (AvgIpc) is 2.33. The maximum atomic E-state index is 10.6. The van der Waals surface area contributed by atoms with Crippen LogP contribution in [0.5, 0.6) is 11.5 Å². The fraction of sp³-hybridized carbons (Fsp3) is 0. The van der Waals surface area contributed by atoms with Gasteiger partial charge in [-0.2, -0.15) is 0 Å². The quantitative estimate of drug-likeness (QED) is 0.465. The number of nitro benzene ring substituents is 1. The highest BCUT2D eigenvalue weighted by atomic mass is 35.5. The first-order chi connectivity index (χ1) is 8.97. The Bertz CT molecular complexity index is 626. The zero-order valence-corrected chi connectivity index (χ0v) is 11.4. The van der Waals surface area contributed by atoms with Crippen molar-refractivity contribution in [2.45, 2.75) is 0 Å². The van der Waals surface area contributed by atoms with Crippen LogP contribution in [-0.2, 0) is 0 Å². The molecule has 0 aliphatic heterocycles. The Morgan fingerprint density at radius 2 is 1.79 bits per heavy atom. The van der Waals surface area contributed by atoms with Gasteiger partial charge in [0, 0.05) is 24.4 Å². The van der Waals surface area contributed by atoms with Crippen LogP contribution in [0.25, 0.3) is 0 Å². The van der Waals surface area contributed by atoms with Crippen molar-refractivity contribution in [2.75, 3.05) is 0 Å². The summed E-state index contributed by atoms with van der Waals surface area (Å²) < 4.78 is 5.44. The van der Waals surface area contributed by atoms with Gasteiger partial charge in [0.05, 0.1) is 15.0 Å². The lowest BCUT2D eigenvalue weighted by Gasteiger charge is -2.09. The van der Waals surface area contributed by atoms with E-state index in [1.807, 2.05) is 0 Å². The lowest BCUT2D eigenvalue weighted by atomic mass is 10.3. The Labute approximate surface area is 122 Å². The Balaban J connectivity index is 2.38. The molecule has 0 saturated heterocycles. The highest BCUT2D eigenvalue weighted by Gasteiger charge is 2.16. The standard InChI is InChI=1S/C11H5Cl3N2O3/c12-8-3-6(16(17)18)4-9(13)11(8)19-7-1-2-15-10(14)5-7/h1-5H. The SMILES string of the molecule is O=[N+]([O-])c1cc(Cl)c(Oc2ccnc(Cl)c2)c(Cl)c1. The van der Waals surface area contributed by atoms with E-state index >= 15 is 0 Å². The molecular weight excluding hydrogens is 314 g/mol. The highest BCUT2D eigenvalue weighted by molar-refractivity contribution is 6.37. The monoisotopic (exact) mass is 318 g/mol. The Hall–Kier alpha value is -1.56. The minimum absolute atomic E-state index is 0.0344. The lowest BCUT2D eigenvalue weighted by molar-refractivity contribution is -0.384. The van der Waals surface area contributed by atoms with Gasteiger partial charge in [0.2, 0.25) is 0 Å². The minimum atomic E-state index is -0.592. The number of rotatable bonds is 3. The van der Waals surface area contributed by atoms with Gasteiger partial charge >= 0.3 is 0 Å². The number of hydrogen-bond donors (Lipinski definition) is 0. The van der Waals surface area contributed by atoms with Crippen LogP contribution in [0.2, 0.25) is 15.2 Å². The van der Waals surface area contributed by atoms with Crippen LogP contribution < -0.4 is 4.74 Å². The molecule has 0 radical (unpaired) electrons. The number of halogens is 3. The van der Waals surface area contributed by atoms with Crippen LogP contribution in [0.15, 0.2) is 30.5 Å². The van der Waals surface area contributed by atoms with Crippen molar-refractivity contribution in [3.8, 4) is 11.5 Å². The highest BCUT2D eigenvalue weighted by Crippen LogP contribution is 2.39. The van der Waals surface area contributed by atoms with Gasteiger partial charge in [0.15, 0.2) is 5.75 Å². The molecule has 0 N–H and O–H groups in total. The van der Waals surface area contributed by atoms with Crippen molar-refractivity contribution >= 4 is 40.5 Å². The van der Waals surface area contributed by atoms with Crippen LogP contribution in [0.3, 0.4) is 0 Å². The van der Waals surface area contributed by atoms with E-state index in [1.165, 1.54) is 12.3 Å². The van der Waals surface area contributed by atoms with Gasteiger partial charge in [-0.15, -0.1) is 0 Å². The second-order valence-corrected chi connectivity index (χ2v) is 4.61. The molecule has 1 aromatic carbocycles. The molecule has 0 bridgehead atoms. The summed E-state index contributed by atoms with van der Waals surface area (Å²) in [6.07, 6.45) is 1.45. The van der Waals surface area contributed by atoms with Crippen LogP contribution in [0.1, 0.15) is 0 Å². The first-order valence-corrected chi connectivity index (χ1v) is 6.03. The second kappa shape index (κ2) is 5.61. The summed E-state index contributed by atoms with van der Waals surface area (Å²) in [6, 6.07) is 5.34. The van der Waals surface area contributed by atoms with Crippen LogP contribution >= 0.6 is 34.8 Å². The number of aromatic nitrogens is 1. The molecule has 0 aliphatic carbocycles. The predicted molar refractivity (Wildman–Crippen MR) is 72.4 cm³/mol. The number of ether oxygens (including phenoxy) is 1. The first-order valence-electron chi connectivity index (χ1n) is 4.90. The molecule has 8 heteroatoms. The third-order valence-electron chi connectivity index (χ3n) is 2.11. The number of benzene rings is 1. The summed E-state index contributed by atoms with van der Waals surface area (Å²) in [4.78, 5) is 13.8. The zero-order chi connectivity index (χ0) is 14.0. The fourth-order valence-electron chi connectivity index (χ4n) is 1.32. The number of nitrogens with zero attached hydrogens (tertiary/aromatic N) is 2. The van der Waals surface area contributed by atoms with Crippen molar-refractivity contribution in [2.24, 2.45) is 0 Å². The molecule has 0 fully saturated rings. The summed E-state index contributed by atoms with van der Waals surface area (Å²) in [7, 11) is 0. The number of hydrogen-bond acceptors (Lipinski definition) is 4. The molecule has 2 rings (SSSR count). The molecule has 5 nitrogen and oxygen atoms in total. The van der Waals surface area contributed by atoms with Crippen molar-refractivity contribution in [1.29, 1.82) is 0 Å². The first kappa shape index (κ1) is 13.9. The van der Waals surface area contributed by atoms with E-state index in [4.69, 9.17) is 39.5 Å². The van der Waals surface area contributed by atoms with Crippen LogP contribution in [-0.4, -0.2) is 9.91 Å². The third kappa shape index (κ3) is 3.26. The topological polar surface area (TPSA) is 65.3 Å². The zero-order valence-electron chi connectivity index (χ0n) is 9.14. The van der Waals surface area contributed by atoms with Gasteiger partial charge < -0.3 is 4.74 Å². The molecule has 0 unspecified atom stereocenters. The smallest absolute Gasteiger partial charge is 0.272 e. The second-order valence-electron chi connectivity index (χ2n) is 3.41. The molecule has 1 heterocycles. The van der Waals surface area contributed by atoms with E-state index in [-0.39, 0.29) is 26.6 Å². The van der Waals surface area contributed by atoms with E-state index < -0.39 is 4.92 Å². The van der Waals surface area contributed by atoms with Gasteiger partial charge in [-0.05, 0) is 6.07 Å². The van der Waals surface area contributed by atoms with E-state index in [1.54, 1.807) is 6.07 Å². The van der Waals surface area contributed by atoms with Gasteiger partial charge in [0.1, 0.15) is 10.9 Å². The van der Waals surface area contributed by atoms with E-state index in [0.717, 1.165) is 12.1 Å². The van der Waals surface area contributed by atoms with Gasteiger partial charge in [-0.1, -0.05) is 34.8 Å². The largest absolute Gasteiger partial charge is 0.454 e. The molecule has 0 saturated carbocycles. The van der Waals surface area contributed by atoms with Crippen LogP contribution in [0.4, 0.5) is 5.69 Å². The van der Waals surface area contributed by atoms with Gasteiger partial charge in [0.25, 0.3) is 5.69 Å². The molecule has 98 valence electrons. The molecule has 2 aromatic rings. The van der Waals surface area contributed by atoms with Crippen molar-refractivity contribution in [3.63, 3.8) is 0 Å². The molecular formula is C11H5Cl3N2O3. The maximum Gasteiger partial charge on any atom is 0.272 e. The van der Waals surface area contributed by atoms with E-state index in [9.17, 15) is 10.1 Å². The van der Waals surface area contributed by atoms with E-state index in [0.29, 0.717) is 5.75 Å². The lowest BCUT2D eigenvalue weighted by Crippen LogP contribution is -1.91. The molecule has 0 aliphatic rings. The summed E-state index contributed by atoms with van der Waals surface area (Å²) in [5.41, 5.74) is -0.213. The molecule has 19 heavy (non-hydrogen) atoms. The fourth-order valence-corrected chi connectivity index (χ4v) is 2.03. The summed E-state index contributed by atoms with van der Waals surface area (Å²) in [6.45, 7) is 0. The summed E-state index contributed by atoms with van der Waals surface area (Å²) in [5, 5.41) is 11.0.